The summed E-state index contributed by atoms with van der Waals surface area (Å²) in [5.41, 5.74) is 8.41. The van der Waals surface area contributed by atoms with Crippen molar-refractivity contribution in [2.24, 2.45) is 9.98 Å². The molecule has 5 nitrogen and oxygen atoms in total. The van der Waals surface area contributed by atoms with E-state index < -0.39 is 0 Å². The zero-order chi connectivity index (χ0) is 25.0. The van der Waals surface area contributed by atoms with E-state index >= 15 is 0 Å². The first-order chi connectivity index (χ1) is 18.3. The molecule has 1 amide bonds. The van der Waals surface area contributed by atoms with Crippen molar-refractivity contribution in [2.75, 3.05) is 31.1 Å². The summed E-state index contributed by atoms with van der Waals surface area (Å²) in [5, 5.41) is 0. The maximum Gasteiger partial charge on any atom is 0.254 e. The standard InChI is InChI=1S/C32H28N4O/c37-32(30-14-8-7-13-29(30)25-11-5-2-6-12-25)36-18-17-35(22-28-20-33-23-34-28)31-16-15-26(19-27(31)21-36)24-9-3-1-4-10-24/h1-16,19,23H,17-18,20-22H2. The lowest BCUT2D eigenvalue weighted by atomic mass is 9.98. The van der Waals surface area contributed by atoms with Gasteiger partial charge in [-0.1, -0.05) is 84.9 Å². The number of hydrogen-bond donors (Lipinski definition) is 0. The zero-order valence-corrected chi connectivity index (χ0v) is 20.6. The van der Waals surface area contributed by atoms with Crippen LogP contribution >= 0.6 is 0 Å². The third-order valence-corrected chi connectivity index (χ3v) is 7.03. The minimum absolute atomic E-state index is 0.0545. The highest BCUT2D eigenvalue weighted by molar-refractivity contribution is 6.01. The van der Waals surface area contributed by atoms with Crippen LogP contribution in [0.2, 0.25) is 0 Å². The predicted octanol–water partition coefficient (Wildman–Crippen LogP) is 5.97. The van der Waals surface area contributed by atoms with E-state index in [9.17, 15) is 4.79 Å². The summed E-state index contributed by atoms with van der Waals surface area (Å²) in [7, 11) is 0. The van der Waals surface area contributed by atoms with Gasteiger partial charge in [0.25, 0.3) is 5.91 Å². The highest BCUT2D eigenvalue weighted by Gasteiger charge is 2.26. The van der Waals surface area contributed by atoms with Crippen LogP contribution in [-0.4, -0.2) is 49.0 Å². The monoisotopic (exact) mass is 484 g/mol. The van der Waals surface area contributed by atoms with Gasteiger partial charge in [-0.05, 0) is 46.0 Å². The van der Waals surface area contributed by atoms with Crippen LogP contribution in [0.3, 0.4) is 0 Å². The highest BCUT2D eigenvalue weighted by Crippen LogP contribution is 2.32. The van der Waals surface area contributed by atoms with Crippen LogP contribution in [0, 0.1) is 0 Å². The number of benzene rings is 4. The number of anilines is 1. The van der Waals surface area contributed by atoms with Crippen molar-refractivity contribution in [3.63, 3.8) is 0 Å². The lowest BCUT2D eigenvalue weighted by Crippen LogP contribution is -2.37. The second kappa shape index (κ2) is 10.2. The van der Waals surface area contributed by atoms with Gasteiger partial charge in [-0.2, -0.15) is 0 Å². The van der Waals surface area contributed by atoms with Gasteiger partial charge in [0.1, 0.15) is 6.34 Å². The van der Waals surface area contributed by atoms with Crippen LogP contribution in [0.1, 0.15) is 15.9 Å². The molecule has 5 heteroatoms. The summed E-state index contributed by atoms with van der Waals surface area (Å²) in [6, 6.07) is 35.1. The Labute approximate surface area is 217 Å². The average Bonchev–Trinajstić information content (AvgIpc) is 3.41. The quantitative estimate of drug-likeness (QED) is 0.351. The first-order valence-electron chi connectivity index (χ1n) is 12.7. The molecular weight excluding hydrogens is 456 g/mol. The summed E-state index contributed by atoms with van der Waals surface area (Å²) in [6.45, 7) is 3.26. The molecule has 4 aromatic rings. The van der Waals surface area contributed by atoms with Gasteiger partial charge in [0.05, 0.1) is 18.8 Å². The summed E-state index contributed by atoms with van der Waals surface area (Å²) in [4.78, 5) is 27.1. The SMILES string of the molecule is O=C(c1ccccc1-c1ccccc1)N1CCN(CC2=NC=NC2)c2ccc(-c3ccccc3)cc2C1. The van der Waals surface area contributed by atoms with E-state index in [1.165, 1.54) is 5.56 Å². The molecule has 2 aliphatic heterocycles. The topological polar surface area (TPSA) is 48.3 Å². The van der Waals surface area contributed by atoms with Gasteiger partial charge < -0.3 is 9.80 Å². The van der Waals surface area contributed by atoms with E-state index in [4.69, 9.17) is 0 Å². The molecule has 0 spiro atoms. The van der Waals surface area contributed by atoms with Gasteiger partial charge in [-0.15, -0.1) is 0 Å². The molecule has 0 aromatic heterocycles. The molecule has 0 saturated heterocycles. The molecule has 0 fully saturated rings. The van der Waals surface area contributed by atoms with Crippen molar-refractivity contribution >= 4 is 23.6 Å². The molecule has 0 bridgehead atoms. The Hall–Kier alpha value is -4.51. The summed E-state index contributed by atoms with van der Waals surface area (Å²) >= 11 is 0. The van der Waals surface area contributed by atoms with Gasteiger partial charge in [0.15, 0.2) is 0 Å². The minimum Gasteiger partial charge on any atom is -0.364 e. The maximum absolute atomic E-state index is 14.0. The van der Waals surface area contributed by atoms with Crippen LogP contribution < -0.4 is 4.90 Å². The molecule has 0 aliphatic carbocycles. The van der Waals surface area contributed by atoms with E-state index in [0.717, 1.165) is 45.8 Å². The fourth-order valence-electron chi connectivity index (χ4n) is 5.14. The van der Waals surface area contributed by atoms with Crippen molar-refractivity contribution in [1.29, 1.82) is 0 Å². The van der Waals surface area contributed by atoms with Crippen molar-refractivity contribution < 1.29 is 4.79 Å². The van der Waals surface area contributed by atoms with E-state index in [1.807, 2.05) is 53.4 Å². The third-order valence-electron chi connectivity index (χ3n) is 7.03. The van der Waals surface area contributed by atoms with Gasteiger partial charge in [0.2, 0.25) is 0 Å². The lowest BCUT2D eigenvalue weighted by molar-refractivity contribution is 0.0752. The second-order valence-corrected chi connectivity index (χ2v) is 9.42. The molecular formula is C32H28N4O. The number of fused-ring (bicyclic) bond motifs is 1. The lowest BCUT2D eigenvalue weighted by Gasteiger charge is -2.25. The van der Waals surface area contributed by atoms with Gasteiger partial charge in [-0.25, -0.2) is 4.99 Å². The molecule has 6 rings (SSSR count). The smallest absolute Gasteiger partial charge is 0.254 e. The number of carbonyl (C=O) groups is 1. The van der Waals surface area contributed by atoms with Gasteiger partial charge in [-0.3, -0.25) is 9.79 Å². The number of hydrogen-bond acceptors (Lipinski definition) is 4. The summed E-state index contributed by atoms with van der Waals surface area (Å²) in [6.07, 6.45) is 1.64. The Balaban J connectivity index is 1.36. The van der Waals surface area contributed by atoms with Crippen LogP contribution in [0.4, 0.5) is 5.69 Å². The molecule has 2 heterocycles. The van der Waals surface area contributed by atoms with E-state index in [1.54, 1.807) is 6.34 Å². The van der Waals surface area contributed by atoms with Gasteiger partial charge >= 0.3 is 0 Å². The fraction of sp³-hybridized carbons (Fsp3) is 0.156. The number of carbonyl (C=O) groups excluding carboxylic acids is 1. The number of nitrogens with zero attached hydrogens (tertiary/aromatic N) is 4. The van der Waals surface area contributed by atoms with Crippen molar-refractivity contribution in [2.45, 2.75) is 6.54 Å². The Morgan fingerprint density at radius 2 is 1.49 bits per heavy atom. The Morgan fingerprint density at radius 3 is 2.24 bits per heavy atom. The molecule has 2 aliphatic rings. The third kappa shape index (κ3) is 4.81. The first kappa shape index (κ1) is 22.9. The number of amides is 1. The van der Waals surface area contributed by atoms with Gasteiger partial charge in [0, 0.05) is 30.9 Å². The van der Waals surface area contributed by atoms with Crippen LogP contribution in [-0.2, 0) is 6.54 Å². The average molecular weight is 485 g/mol. The fourth-order valence-corrected chi connectivity index (χ4v) is 5.14. The zero-order valence-electron chi connectivity index (χ0n) is 20.6. The van der Waals surface area contributed by atoms with E-state index in [2.05, 4.69) is 69.5 Å². The molecule has 0 atom stereocenters. The predicted molar refractivity (Wildman–Crippen MR) is 152 cm³/mol. The Bertz CT molecular complexity index is 1480. The highest BCUT2D eigenvalue weighted by atomic mass is 16.2. The first-order valence-corrected chi connectivity index (χ1v) is 12.7. The second-order valence-electron chi connectivity index (χ2n) is 9.42. The van der Waals surface area contributed by atoms with E-state index in [0.29, 0.717) is 26.2 Å². The summed E-state index contributed by atoms with van der Waals surface area (Å²) < 4.78 is 0. The van der Waals surface area contributed by atoms with E-state index in [-0.39, 0.29) is 5.91 Å². The molecule has 0 unspecified atom stereocenters. The molecule has 0 saturated carbocycles. The minimum atomic E-state index is 0.0545. The molecule has 4 aromatic carbocycles. The molecule has 0 radical (unpaired) electrons. The van der Waals surface area contributed by atoms with Crippen LogP contribution in [0.25, 0.3) is 22.3 Å². The van der Waals surface area contributed by atoms with Crippen molar-refractivity contribution in [1.82, 2.24) is 4.90 Å². The molecule has 37 heavy (non-hydrogen) atoms. The summed E-state index contributed by atoms with van der Waals surface area (Å²) in [5.74, 6) is 0.0545. The number of rotatable bonds is 5. The maximum atomic E-state index is 14.0. The number of aliphatic imine (C=N–C) groups is 2. The Kier molecular flexibility index (Phi) is 6.34. The van der Waals surface area contributed by atoms with Crippen molar-refractivity contribution in [3.05, 3.63) is 114 Å². The Morgan fingerprint density at radius 1 is 0.757 bits per heavy atom. The normalized spacial score (nSPS) is 14.8. The van der Waals surface area contributed by atoms with Crippen LogP contribution in [0.15, 0.2) is 113 Å². The van der Waals surface area contributed by atoms with Crippen LogP contribution in [0.5, 0.6) is 0 Å². The molecule has 182 valence electrons. The molecule has 0 N–H and O–H groups in total. The van der Waals surface area contributed by atoms with Crippen molar-refractivity contribution in [3.8, 4) is 22.3 Å². The largest absolute Gasteiger partial charge is 0.364 e.